The van der Waals surface area contributed by atoms with Crippen molar-refractivity contribution in [1.82, 2.24) is 4.98 Å². The number of hydrogen-bond donors (Lipinski definition) is 1. The summed E-state index contributed by atoms with van der Waals surface area (Å²) in [6, 6.07) is 14.5. The first kappa shape index (κ1) is 25.1. The Balaban J connectivity index is 1.39. The van der Waals surface area contributed by atoms with Gasteiger partial charge in [-0.15, -0.1) is 0 Å². The molecule has 1 aliphatic rings. The minimum atomic E-state index is -0.542. The highest BCUT2D eigenvalue weighted by molar-refractivity contribution is 6.34. The number of nitro benzene ring substituents is 1. The molecule has 0 aliphatic carbocycles. The zero-order valence-corrected chi connectivity index (χ0v) is 21.3. The van der Waals surface area contributed by atoms with Gasteiger partial charge in [0.2, 0.25) is 0 Å². The van der Waals surface area contributed by atoms with Crippen LogP contribution < -0.4 is 24.4 Å². The zero-order chi connectivity index (χ0) is 26.8. The molecule has 0 saturated carbocycles. The first-order valence-corrected chi connectivity index (χ1v) is 12.1. The van der Waals surface area contributed by atoms with E-state index in [4.69, 9.17) is 25.8 Å². The first-order valence-electron chi connectivity index (χ1n) is 11.7. The molecule has 0 spiro atoms. The average Bonchev–Trinajstić information content (AvgIpc) is 2.92. The number of ether oxygens (including phenoxy) is 3. The minimum Gasteiger partial charge on any atom is -0.493 e. The van der Waals surface area contributed by atoms with Crippen LogP contribution in [0.2, 0.25) is 5.02 Å². The Morgan fingerprint density at radius 2 is 1.84 bits per heavy atom. The van der Waals surface area contributed by atoms with Crippen molar-refractivity contribution in [3.8, 4) is 23.0 Å². The maximum absolute atomic E-state index is 13.1. The SMILES string of the molecule is COc1cc2nccc(Oc3ccc4c(c3)CCCN4C(=O)Nc3ccc([N+](=O)[O-])cc3Cl)c2cc1OC. The quantitative estimate of drug-likeness (QED) is 0.219. The van der Waals surface area contributed by atoms with Crippen LogP contribution in [-0.4, -0.2) is 36.7 Å². The molecule has 1 aromatic heterocycles. The van der Waals surface area contributed by atoms with E-state index in [0.29, 0.717) is 40.7 Å². The number of carbonyl (C=O) groups is 1. The summed E-state index contributed by atoms with van der Waals surface area (Å²) in [5.74, 6) is 2.37. The number of methoxy groups -OCH3 is 2. The Bertz CT molecular complexity index is 1560. The normalized spacial score (nSPS) is 12.6. The summed E-state index contributed by atoms with van der Waals surface area (Å²) in [5.41, 5.74) is 2.56. The number of fused-ring (bicyclic) bond motifs is 2. The monoisotopic (exact) mass is 534 g/mol. The number of aromatic nitrogens is 1. The van der Waals surface area contributed by atoms with Gasteiger partial charge in [-0.1, -0.05) is 11.6 Å². The fourth-order valence-electron chi connectivity index (χ4n) is 4.41. The number of anilines is 2. The number of pyridine rings is 1. The van der Waals surface area contributed by atoms with Gasteiger partial charge < -0.3 is 19.5 Å². The van der Waals surface area contributed by atoms with E-state index in [1.54, 1.807) is 43.5 Å². The molecule has 0 fully saturated rings. The molecule has 4 aromatic rings. The summed E-state index contributed by atoms with van der Waals surface area (Å²) in [7, 11) is 3.14. The van der Waals surface area contributed by atoms with Gasteiger partial charge in [-0.2, -0.15) is 0 Å². The van der Waals surface area contributed by atoms with Crippen LogP contribution in [0.5, 0.6) is 23.0 Å². The van der Waals surface area contributed by atoms with Crippen LogP contribution in [0, 0.1) is 10.1 Å². The topological polar surface area (TPSA) is 116 Å². The summed E-state index contributed by atoms with van der Waals surface area (Å²) in [6.07, 6.45) is 3.20. The maximum Gasteiger partial charge on any atom is 0.326 e. The lowest BCUT2D eigenvalue weighted by atomic mass is 10.0. The number of rotatable bonds is 6. The molecule has 0 radical (unpaired) electrons. The lowest BCUT2D eigenvalue weighted by Gasteiger charge is -2.30. The lowest BCUT2D eigenvalue weighted by molar-refractivity contribution is -0.384. The fraction of sp³-hybridized carbons (Fsp3) is 0.185. The van der Waals surface area contributed by atoms with Gasteiger partial charge in [-0.3, -0.25) is 20.0 Å². The van der Waals surface area contributed by atoms with E-state index in [2.05, 4.69) is 10.3 Å². The molecule has 11 heteroatoms. The minimum absolute atomic E-state index is 0.0901. The van der Waals surface area contributed by atoms with Gasteiger partial charge in [0.25, 0.3) is 5.69 Å². The third kappa shape index (κ3) is 4.85. The van der Waals surface area contributed by atoms with Gasteiger partial charge in [-0.25, -0.2) is 4.79 Å². The van der Waals surface area contributed by atoms with Crippen LogP contribution in [0.1, 0.15) is 12.0 Å². The van der Waals surface area contributed by atoms with E-state index in [9.17, 15) is 14.9 Å². The van der Waals surface area contributed by atoms with Gasteiger partial charge in [0.05, 0.1) is 35.4 Å². The van der Waals surface area contributed by atoms with E-state index >= 15 is 0 Å². The molecule has 0 atom stereocenters. The second-order valence-corrected chi connectivity index (χ2v) is 8.94. The van der Waals surface area contributed by atoms with E-state index < -0.39 is 4.92 Å². The van der Waals surface area contributed by atoms with Crippen LogP contribution in [0.15, 0.2) is 60.8 Å². The predicted molar refractivity (Wildman–Crippen MR) is 144 cm³/mol. The van der Waals surface area contributed by atoms with Crippen molar-refractivity contribution in [3.05, 3.63) is 81.5 Å². The predicted octanol–water partition coefficient (Wildman–Crippen LogP) is 6.59. The Hall–Kier alpha value is -4.57. The first-order chi connectivity index (χ1) is 18.4. The average molecular weight is 535 g/mol. The van der Waals surface area contributed by atoms with Crippen molar-refractivity contribution in [2.75, 3.05) is 31.0 Å². The van der Waals surface area contributed by atoms with E-state index in [1.165, 1.54) is 18.2 Å². The van der Waals surface area contributed by atoms with Crippen molar-refractivity contribution < 1.29 is 23.9 Å². The largest absolute Gasteiger partial charge is 0.493 e. The Morgan fingerprint density at radius 1 is 1.05 bits per heavy atom. The lowest BCUT2D eigenvalue weighted by Crippen LogP contribution is -2.38. The highest BCUT2D eigenvalue weighted by Gasteiger charge is 2.24. The highest BCUT2D eigenvalue weighted by Crippen LogP contribution is 2.38. The number of nitrogens with zero attached hydrogens (tertiary/aromatic N) is 3. The molecular weight excluding hydrogens is 512 g/mol. The number of aryl methyl sites for hydroxylation is 1. The molecule has 2 heterocycles. The number of amides is 2. The highest BCUT2D eigenvalue weighted by atomic mass is 35.5. The van der Waals surface area contributed by atoms with Crippen molar-refractivity contribution in [1.29, 1.82) is 0 Å². The third-order valence-electron chi connectivity index (χ3n) is 6.25. The molecular formula is C27H23ClN4O6. The Morgan fingerprint density at radius 3 is 2.58 bits per heavy atom. The molecule has 194 valence electrons. The van der Waals surface area contributed by atoms with Crippen molar-refractivity contribution in [2.24, 2.45) is 0 Å². The molecule has 5 rings (SSSR count). The molecule has 1 aliphatic heterocycles. The summed E-state index contributed by atoms with van der Waals surface area (Å²) >= 11 is 6.16. The smallest absolute Gasteiger partial charge is 0.326 e. The number of benzene rings is 3. The van der Waals surface area contributed by atoms with E-state index in [1.807, 2.05) is 18.2 Å². The molecule has 10 nitrogen and oxygen atoms in total. The van der Waals surface area contributed by atoms with Crippen LogP contribution >= 0.6 is 11.6 Å². The number of nitro groups is 1. The number of non-ortho nitro benzene ring substituents is 1. The van der Waals surface area contributed by atoms with Crippen LogP contribution in [0.4, 0.5) is 21.9 Å². The van der Waals surface area contributed by atoms with Crippen molar-refractivity contribution >= 4 is 45.6 Å². The summed E-state index contributed by atoms with van der Waals surface area (Å²) < 4.78 is 17.1. The van der Waals surface area contributed by atoms with Crippen LogP contribution in [-0.2, 0) is 6.42 Å². The van der Waals surface area contributed by atoms with E-state index in [0.717, 1.165) is 29.5 Å². The molecule has 0 bridgehead atoms. The molecule has 38 heavy (non-hydrogen) atoms. The molecule has 1 N–H and O–H groups in total. The van der Waals surface area contributed by atoms with Gasteiger partial charge in [0, 0.05) is 42.0 Å². The number of urea groups is 1. The standard InChI is InChI=1S/C27H23ClN4O6/c1-36-25-14-19-22(15-26(25)37-2)29-10-9-24(19)38-18-6-8-23-16(12-18)4-3-11-31(23)27(33)30-21-7-5-17(32(34)35)13-20(21)28/h5-10,12-15H,3-4,11H2,1-2H3,(H,30,33). The molecule has 0 unspecified atom stereocenters. The zero-order valence-electron chi connectivity index (χ0n) is 20.6. The van der Waals surface area contributed by atoms with Crippen molar-refractivity contribution in [2.45, 2.75) is 12.8 Å². The molecule has 3 aromatic carbocycles. The van der Waals surface area contributed by atoms with Crippen LogP contribution in [0.25, 0.3) is 10.9 Å². The fourth-order valence-corrected chi connectivity index (χ4v) is 4.64. The maximum atomic E-state index is 13.1. The molecule has 0 saturated heterocycles. The number of nitrogens with one attached hydrogen (secondary N) is 1. The number of hydrogen-bond acceptors (Lipinski definition) is 7. The second-order valence-electron chi connectivity index (χ2n) is 8.53. The van der Waals surface area contributed by atoms with Gasteiger partial charge >= 0.3 is 6.03 Å². The Labute approximate surface area is 222 Å². The third-order valence-corrected chi connectivity index (χ3v) is 6.57. The summed E-state index contributed by atoms with van der Waals surface area (Å²) in [4.78, 5) is 29.6. The van der Waals surface area contributed by atoms with Crippen LogP contribution in [0.3, 0.4) is 0 Å². The van der Waals surface area contributed by atoms with Gasteiger partial charge in [0.1, 0.15) is 11.5 Å². The second kappa shape index (κ2) is 10.4. The van der Waals surface area contributed by atoms with Gasteiger partial charge in [0.15, 0.2) is 11.5 Å². The Kier molecular flexibility index (Phi) is 6.89. The molecule has 2 amide bonds. The van der Waals surface area contributed by atoms with E-state index in [-0.39, 0.29) is 16.7 Å². The number of halogens is 1. The summed E-state index contributed by atoms with van der Waals surface area (Å²) in [6.45, 7) is 0.514. The van der Waals surface area contributed by atoms with Gasteiger partial charge in [-0.05, 0) is 54.8 Å². The summed E-state index contributed by atoms with van der Waals surface area (Å²) in [5, 5.41) is 14.6. The van der Waals surface area contributed by atoms with Crippen molar-refractivity contribution in [3.63, 3.8) is 0 Å². The number of carbonyl (C=O) groups excluding carboxylic acids is 1.